The minimum absolute atomic E-state index is 0.0208. The Morgan fingerprint density at radius 1 is 0.967 bits per heavy atom. The number of hydrogen-bond donors (Lipinski definition) is 0. The van der Waals surface area contributed by atoms with Gasteiger partial charge in [0, 0.05) is 30.0 Å². The highest BCUT2D eigenvalue weighted by Gasteiger charge is 2.23. The molecule has 154 valence electrons. The number of carbonyl (C=O) groups is 1. The lowest BCUT2D eigenvalue weighted by atomic mass is 10.1. The minimum Gasteiger partial charge on any atom is -0.307 e. The Kier molecular flexibility index (Phi) is 5.34. The summed E-state index contributed by atoms with van der Waals surface area (Å²) in [6.45, 7) is 1.43. The summed E-state index contributed by atoms with van der Waals surface area (Å²) in [5.41, 5.74) is 2.21. The predicted molar refractivity (Wildman–Crippen MR) is 122 cm³/mol. The zero-order chi connectivity index (χ0) is 20.5. The van der Waals surface area contributed by atoms with Crippen LogP contribution in [0.2, 0.25) is 0 Å². The number of anilines is 1. The molecule has 1 amide bonds. The monoisotopic (exact) mass is 419 g/mol. The van der Waals surface area contributed by atoms with Crippen LogP contribution in [0.5, 0.6) is 0 Å². The second kappa shape index (κ2) is 8.26. The number of amides is 1. The second-order valence-electron chi connectivity index (χ2n) is 8.01. The van der Waals surface area contributed by atoms with Crippen LogP contribution in [0.4, 0.5) is 5.69 Å². The van der Waals surface area contributed by atoms with E-state index in [0.29, 0.717) is 23.0 Å². The number of para-hydroxylation sites is 1. The predicted octanol–water partition coefficient (Wildman–Crippen LogP) is 4.66. The van der Waals surface area contributed by atoms with Gasteiger partial charge in [0.1, 0.15) is 5.82 Å². The number of thioether (sulfide) groups is 1. The smallest absolute Gasteiger partial charge is 0.261 e. The fourth-order valence-electron chi connectivity index (χ4n) is 4.42. The summed E-state index contributed by atoms with van der Waals surface area (Å²) in [7, 11) is 0. The number of benzene rings is 2. The Morgan fingerprint density at radius 2 is 1.83 bits per heavy atom. The van der Waals surface area contributed by atoms with E-state index in [4.69, 9.17) is 4.98 Å². The van der Waals surface area contributed by atoms with E-state index in [2.05, 4.69) is 6.07 Å². The van der Waals surface area contributed by atoms with Crippen LogP contribution < -0.4 is 10.5 Å². The van der Waals surface area contributed by atoms with E-state index in [1.165, 1.54) is 6.42 Å². The Balaban J connectivity index is 1.56. The van der Waals surface area contributed by atoms with Crippen molar-refractivity contribution < 1.29 is 4.79 Å². The van der Waals surface area contributed by atoms with E-state index in [-0.39, 0.29) is 11.5 Å². The molecular weight excluding hydrogens is 394 g/mol. The summed E-state index contributed by atoms with van der Waals surface area (Å²) in [4.78, 5) is 34.3. The van der Waals surface area contributed by atoms with Gasteiger partial charge in [0.25, 0.3) is 11.5 Å². The van der Waals surface area contributed by atoms with Gasteiger partial charge in [-0.3, -0.25) is 14.2 Å². The molecule has 0 radical (unpaired) electrons. The number of fused-ring (bicyclic) bond motifs is 3. The van der Waals surface area contributed by atoms with Crippen molar-refractivity contribution in [3.8, 4) is 0 Å². The van der Waals surface area contributed by atoms with Gasteiger partial charge in [0.05, 0.1) is 16.6 Å². The molecule has 0 N–H and O–H groups in total. The molecule has 0 atom stereocenters. The lowest BCUT2D eigenvalue weighted by Crippen LogP contribution is -2.32. The molecule has 3 heterocycles. The zero-order valence-corrected chi connectivity index (χ0v) is 17.8. The average molecular weight is 420 g/mol. The molecule has 0 aliphatic carbocycles. The van der Waals surface area contributed by atoms with E-state index >= 15 is 0 Å². The van der Waals surface area contributed by atoms with Crippen molar-refractivity contribution in [3.05, 3.63) is 64.2 Å². The van der Waals surface area contributed by atoms with Gasteiger partial charge in [-0.15, -0.1) is 11.8 Å². The van der Waals surface area contributed by atoms with Gasteiger partial charge in [0.15, 0.2) is 0 Å². The third kappa shape index (κ3) is 3.54. The van der Waals surface area contributed by atoms with Crippen molar-refractivity contribution in [3.63, 3.8) is 0 Å². The molecule has 0 fully saturated rings. The third-order valence-corrected chi connectivity index (χ3v) is 7.15. The topological polar surface area (TPSA) is 55.2 Å². The largest absolute Gasteiger partial charge is 0.307 e. The molecule has 6 heteroatoms. The first kappa shape index (κ1) is 19.4. The molecule has 0 saturated carbocycles. The van der Waals surface area contributed by atoms with Crippen molar-refractivity contribution in [2.24, 2.45) is 0 Å². The van der Waals surface area contributed by atoms with E-state index in [1.54, 1.807) is 30.0 Å². The number of hydrogen-bond acceptors (Lipinski definition) is 4. The quantitative estimate of drug-likeness (QED) is 0.576. The molecule has 2 aromatic carbocycles. The Labute approximate surface area is 180 Å². The SMILES string of the molecule is O=C(c1ccc2c(=O)n3c(nc2c1)CCCCCC3)N1CCCSc2ccccc21. The van der Waals surface area contributed by atoms with Crippen LogP contribution in [0.3, 0.4) is 0 Å². The molecular formula is C24H25N3O2S. The van der Waals surface area contributed by atoms with Gasteiger partial charge in [-0.05, 0) is 55.3 Å². The molecule has 0 bridgehead atoms. The molecule has 2 aliphatic rings. The van der Waals surface area contributed by atoms with E-state index < -0.39 is 0 Å². The zero-order valence-electron chi connectivity index (χ0n) is 17.0. The first-order chi connectivity index (χ1) is 14.7. The van der Waals surface area contributed by atoms with E-state index in [9.17, 15) is 9.59 Å². The summed E-state index contributed by atoms with van der Waals surface area (Å²) in [5.74, 6) is 1.83. The molecule has 5 rings (SSSR count). The van der Waals surface area contributed by atoms with Gasteiger partial charge in [0.2, 0.25) is 0 Å². The molecule has 0 spiro atoms. The maximum Gasteiger partial charge on any atom is 0.261 e. The van der Waals surface area contributed by atoms with E-state index in [1.807, 2.05) is 27.7 Å². The molecule has 0 unspecified atom stereocenters. The van der Waals surface area contributed by atoms with Crippen LogP contribution in [0, 0.1) is 0 Å². The molecule has 0 saturated heterocycles. The lowest BCUT2D eigenvalue weighted by molar-refractivity contribution is 0.0987. The summed E-state index contributed by atoms with van der Waals surface area (Å²) < 4.78 is 1.84. The molecule has 5 nitrogen and oxygen atoms in total. The van der Waals surface area contributed by atoms with Crippen molar-refractivity contribution in [1.82, 2.24) is 9.55 Å². The van der Waals surface area contributed by atoms with Crippen LogP contribution in [0.1, 0.15) is 48.3 Å². The molecule has 30 heavy (non-hydrogen) atoms. The number of nitrogens with zero attached hydrogens (tertiary/aromatic N) is 3. The average Bonchev–Trinajstić information content (AvgIpc) is 2.97. The Morgan fingerprint density at radius 3 is 2.77 bits per heavy atom. The summed E-state index contributed by atoms with van der Waals surface area (Å²) >= 11 is 1.80. The normalized spacial score (nSPS) is 16.9. The minimum atomic E-state index is -0.0273. The summed E-state index contributed by atoms with van der Waals surface area (Å²) in [5, 5.41) is 0.600. The highest BCUT2D eigenvalue weighted by Crippen LogP contribution is 2.34. The standard InChI is InChI=1S/C24H25N3O2S/c28-23(26-14-7-15-30-21-9-5-4-8-20(21)26)17-11-12-18-19(16-17)25-22-10-3-1-2-6-13-27(22)24(18)29/h4-5,8-9,11-12,16H,1-3,6-7,10,13-15H2. The van der Waals surface area contributed by atoms with Gasteiger partial charge in [-0.25, -0.2) is 4.98 Å². The Bertz CT molecular complexity index is 1170. The van der Waals surface area contributed by atoms with Crippen LogP contribution in [0.15, 0.2) is 52.2 Å². The maximum atomic E-state index is 13.4. The van der Waals surface area contributed by atoms with Gasteiger partial charge in [-0.1, -0.05) is 25.0 Å². The highest BCUT2D eigenvalue weighted by atomic mass is 32.2. The van der Waals surface area contributed by atoms with Crippen LogP contribution in [-0.4, -0.2) is 27.8 Å². The molecule has 1 aromatic heterocycles. The first-order valence-corrected chi connectivity index (χ1v) is 11.8. The van der Waals surface area contributed by atoms with Crippen molar-refractivity contribution in [2.75, 3.05) is 17.2 Å². The number of aryl methyl sites for hydroxylation is 1. The van der Waals surface area contributed by atoms with Gasteiger partial charge in [-0.2, -0.15) is 0 Å². The number of rotatable bonds is 1. The summed E-state index contributed by atoms with van der Waals surface area (Å²) in [6, 6.07) is 13.4. The molecule has 3 aromatic rings. The fourth-order valence-corrected chi connectivity index (χ4v) is 5.42. The van der Waals surface area contributed by atoms with Crippen molar-refractivity contribution in [1.29, 1.82) is 0 Å². The Hall–Kier alpha value is -2.60. The van der Waals surface area contributed by atoms with E-state index in [0.717, 1.165) is 60.8 Å². The van der Waals surface area contributed by atoms with Crippen LogP contribution in [0.25, 0.3) is 10.9 Å². The van der Waals surface area contributed by atoms with Gasteiger partial charge < -0.3 is 4.90 Å². The molecule has 2 aliphatic heterocycles. The number of aromatic nitrogens is 2. The second-order valence-corrected chi connectivity index (χ2v) is 9.14. The highest BCUT2D eigenvalue weighted by molar-refractivity contribution is 7.99. The van der Waals surface area contributed by atoms with Gasteiger partial charge >= 0.3 is 0 Å². The van der Waals surface area contributed by atoms with Crippen molar-refractivity contribution in [2.45, 2.75) is 50.0 Å². The third-order valence-electron chi connectivity index (χ3n) is 6.00. The lowest BCUT2D eigenvalue weighted by Gasteiger charge is -2.23. The van der Waals surface area contributed by atoms with Crippen LogP contribution in [-0.2, 0) is 13.0 Å². The maximum absolute atomic E-state index is 13.4. The van der Waals surface area contributed by atoms with Crippen LogP contribution >= 0.6 is 11.8 Å². The summed E-state index contributed by atoms with van der Waals surface area (Å²) in [6.07, 6.45) is 6.18. The first-order valence-electron chi connectivity index (χ1n) is 10.8. The number of carbonyl (C=O) groups excluding carboxylic acids is 1. The van der Waals surface area contributed by atoms with Crippen molar-refractivity contribution >= 4 is 34.3 Å². The fraction of sp³-hybridized carbons (Fsp3) is 0.375.